The number of nitrogens with one attached hydrogen (secondary N) is 1. The summed E-state index contributed by atoms with van der Waals surface area (Å²) in [5, 5.41) is 2.64. The maximum absolute atomic E-state index is 13.6. The standard InChI is InChI=1S/C18H21FN2O3S/c1-3-21(4-2)25(23,24)16-11-9-15(10-12-16)20-18(22)13-14-7-5-6-8-17(14)19/h5-12H,3-4,13H2,1-2H3,(H,20,22). The third-order valence-electron chi connectivity index (χ3n) is 3.79. The van der Waals surface area contributed by atoms with Crippen molar-refractivity contribution in [2.75, 3.05) is 18.4 Å². The number of benzene rings is 2. The van der Waals surface area contributed by atoms with Crippen LogP contribution in [0.4, 0.5) is 10.1 Å². The summed E-state index contributed by atoms with van der Waals surface area (Å²) in [6.45, 7) is 4.33. The maximum atomic E-state index is 13.6. The predicted octanol–water partition coefficient (Wildman–Crippen LogP) is 3.04. The van der Waals surface area contributed by atoms with E-state index in [2.05, 4.69) is 5.32 Å². The van der Waals surface area contributed by atoms with Gasteiger partial charge in [-0.1, -0.05) is 32.0 Å². The summed E-state index contributed by atoms with van der Waals surface area (Å²) in [6.07, 6.45) is -0.0911. The van der Waals surface area contributed by atoms with E-state index in [1.54, 1.807) is 32.0 Å². The second-order valence-electron chi connectivity index (χ2n) is 5.43. The van der Waals surface area contributed by atoms with Crippen molar-refractivity contribution in [2.45, 2.75) is 25.2 Å². The van der Waals surface area contributed by atoms with E-state index in [9.17, 15) is 17.6 Å². The lowest BCUT2D eigenvalue weighted by atomic mass is 10.1. The molecule has 0 unspecified atom stereocenters. The highest BCUT2D eigenvalue weighted by Crippen LogP contribution is 2.18. The van der Waals surface area contributed by atoms with Crippen LogP contribution < -0.4 is 5.32 Å². The molecule has 0 spiro atoms. The number of nitrogens with zero attached hydrogens (tertiary/aromatic N) is 1. The first-order chi connectivity index (χ1) is 11.9. The number of hydrogen-bond donors (Lipinski definition) is 1. The minimum absolute atomic E-state index is 0.0911. The summed E-state index contributed by atoms with van der Waals surface area (Å²) in [5.74, 6) is -0.803. The first-order valence-corrected chi connectivity index (χ1v) is 9.46. The van der Waals surface area contributed by atoms with Crippen LogP contribution in [-0.2, 0) is 21.2 Å². The molecule has 0 heterocycles. The average molecular weight is 364 g/mol. The van der Waals surface area contributed by atoms with Crippen LogP contribution in [0.3, 0.4) is 0 Å². The van der Waals surface area contributed by atoms with E-state index in [-0.39, 0.29) is 17.2 Å². The topological polar surface area (TPSA) is 66.5 Å². The number of hydrogen-bond acceptors (Lipinski definition) is 3. The summed E-state index contributed by atoms with van der Waals surface area (Å²) in [4.78, 5) is 12.2. The van der Waals surface area contributed by atoms with Gasteiger partial charge >= 0.3 is 0 Å². The number of carbonyl (C=O) groups excluding carboxylic acids is 1. The molecule has 0 aliphatic rings. The quantitative estimate of drug-likeness (QED) is 0.821. The minimum atomic E-state index is -3.53. The largest absolute Gasteiger partial charge is 0.326 e. The van der Waals surface area contributed by atoms with Gasteiger partial charge in [-0.25, -0.2) is 12.8 Å². The molecule has 25 heavy (non-hydrogen) atoms. The van der Waals surface area contributed by atoms with E-state index in [1.807, 2.05) is 0 Å². The van der Waals surface area contributed by atoms with E-state index in [0.717, 1.165) is 0 Å². The lowest BCUT2D eigenvalue weighted by Gasteiger charge is -2.18. The van der Waals surface area contributed by atoms with Gasteiger partial charge in [-0.05, 0) is 35.9 Å². The first kappa shape index (κ1) is 19.1. The SMILES string of the molecule is CCN(CC)S(=O)(=O)c1ccc(NC(=O)Cc2ccccc2F)cc1. The Morgan fingerprint density at radius 1 is 1.04 bits per heavy atom. The zero-order valence-corrected chi connectivity index (χ0v) is 15.0. The van der Waals surface area contributed by atoms with Gasteiger partial charge in [0.05, 0.1) is 11.3 Å². The average Bonchev–Trinajstić information content (AvgIpc) is 2.58. The lowest BCUT2D eigenvalue weighted by molar-refractivity contribution is -0.115. The Hall–Kier alpha value is -2.25. The molecule has 2 aromatic rings. The molecule has 0 aromatic heterocycles. The second kappa shape index (κ2) is 8.22. The van der Waals surface area contributed by atoms with Gasteiger partial charge in [0, 0.05) is 18.8 Å². The number of halogens is 1. The predicted molar refractivity (Wildman–Crippen MR) is 95.3 cm³/mol. The number of rotatable bonds is 7. The van der Waals surface area contributed by atoms with Crippen molar-refractivity contribution >= 4 is 21.6 Å². The van der Waals surface area contributed by atoms with Crippen LogP contribution in [0.15, 0.2) is 53.4 Å². The van der Waals surface area contributed by atoms with Crippen LogP contribution in [0.1, 0.15) is 19.4 Å². The monoisotopic (exact) mass is 364 g/mol. The highest BCUT2D eigenvalue weighted by atomic mass is 32.2. The van der Waals surface area contributed by atoms with Crippen LogP contribution in [0.25, 0.3) is 0 Å². The van der Waals surface area contributed by atoms with E-state index < -0.39 is 15.8 Å². The van der Waals surface area contributed by atoms with Crippen molar-refractivity contribution in [3.8, 4) is 0 Å². The zero-order valence-electron chi connectivity index (χ0n) is 14.2. The lowest BCUT2D eigenvalue weighted by Crippen LogP contribution is -2.30. The van der Waals surface area contributed by atoms with Gasteiger partial charge in [0.2, 0.25) is 15.9 Å². The molecule has 0 saturated heterocycles. The number of anilines is 1. The molecule has 0 bridgehead atoms. The van der Waals surface area contributed by atoms with E-state index >= 15 is 0 Å². The van der Waals surface area contributed by atoms with Gasteiger partial charge < -0.3 is 5.32 Å². The molecule has 2 aromatic carbocycles. The van der Waals surface area contributed by atoms with Crippen LogP contribution in [0, 0.1) is 5.82 Å². The summed E-state index contributed by atoms with van der Waals surface area (Å²) in [5.41, 5.74) is 0.764. The molecule has 1 amide bonds. The van der Waals surface area contributed by atoms with E-state index in [4.69, 9.17) is 0 Å². The summed E-state index contributed by atoms with van der Waals surface area (Å²) >= 11 is 0. The first-order valence-electron chi connectivity index (χ1n) is 8.02. The van der Waals surface area contributed by atoms with Gasteiger partial charge in [-0.2, -0.15) is 4.31 Å². The molecule has 0 radical (unpaired) electrons. The van der Waals surface area contributed by atoms with Crippen LogP contribution >= 0.6 is 0 Å². The van der Waals surface area contributed by atoms with Crippen LogP contribution in [-0.4, -0.2) is 31.7 Å². The third-order valence-corrected chi connectivity index (χ3v) is 5.85. The van der Waals surface area contributed by atoms with Crippen molar-refractivity contribution in [3.05, 3.63) is 59.9 Å². The number of sulfonamides is 1. The minimum Gasteiger partial charge on any atom is -0.326 e. The van der Waals surface area contributed by atoms with E-state index in [1.165, 1.54) is 34.6 Å². The fourth-order valence-electron chi connectivity index (χ4n) is 2.44. The number of carbonyl (C=O) groups is 1. The molecule has 1 N–H and O–H groups in total. The van der Waals surface area contributed by atoms with Crippen molar-refractivity contribution in [1.82, 2.24) is 4.31 Å². The Morgan fingerprint density at radius 3 is 2.20 bits per heavy atom. The van der Waals surface area contributed by atoms with Crippen LogP contribution in [0.2, 0.25) is 0 Å². The maximum Gasteiger partial charge on any atom is 0.243 e. The van der Waals surface area contributed by atoms with E-state index in [0.29, 0.717) is 24.3 Å². The van der Waals surface area contributed by atoms with Crippen molar-refractivity contribution in [1.29, 1.82) is 0 Å². The Balaban J connectivity index is 2.08. The molecule has 0 aliphatic heterocycles. The van der Waals surface area contributed by atoms with Crippen LogP contribution in [0.5, 0.6) is 0 Å². The van der Waals surface area contributed by atoms with Gasteiger partial charge in [0.1, 0.15) is 5.82 Å². The third kappa shape index (κ3) is 4.64. The van der Waals surface area contributed by atoms with Crippen molar-refractivity contribution in [3.63, 3.8) is 0 Å². The van der Waals surface area contributed by atoms with Crippen molar-refractivity contribution in [2.24, 2.45) is 0 Å². The summed E-state index contributed by atoms with van der Waals surface area (Å²) in [6, 6.07) is 12.0. The molecule has 134 valence electrons. The van der Waals surface area contributed by atoms with Gasteiger partial charge in [0.15, 0.2) is 0 Å². The molecule has 0 saturated carbocycles. The molecule has 2 rings (SSSR count). The smallest absolute Gasteiger partial charge is 0.243 e. The zero-order chi connectivity index (χ0) is 18.4. The highest BCUT2D eigenvalue weighted by Gasteiger charge is 2.21. The fourth-order valence-corrected chi connectivity index (χ4v) is 3.90. The Labute approximate surface area is 147 Å². The number of amides is 1. The summed E-state index contributed by atoms with van der Waals surface area (Å²) in [7, 11) is -3.53. The molecular formula is C18H21FN2O3S. The molecule has 0 atom stereocenters. The normalized spacial score (nSPS) is 11.5. The highest BCUT2D eigenvalue weighted by molar-refractivity contribution is 7.89. The van der Waals surface area contributed by atoms with Crippen molar-refractivity contribution < 1.29 is 17.6 Å². The molecule has 0 fully saturated rings. The van der Waals surface area contributed by atoms with Gasteiger partial charge in [-0.3, -0.25) is 4.79 Å². The molecule has 7 heteroatoms. The fraction of sp³-hybridized carbons (Fsp3) is 0.278. The molecular weight excluding hydrogens is 343 g/mol. The summed E-state index contributed by atoms with van der Waals surface area (Å²) < 4.78 is 39.7. The molecule has 0 aliphatic carbocycles. The molecule has 5 nitrogen and oxygen atoms in total. The Kier molecular flexibility index (Phi) is 6.27. The van der Waals surface area contributed by atoms with Gasteiger partial charge in [0.25, 0.3) is 0 Å². The second-order valence-corrected chi connectivity index (χ2v) is 7.37. The Bertz CT molecular complexity index is 832. The van der Waals surface area contributed by atoms with Gasteiger partial charge in [-0.15, -0.1) is 0 Å². The Morgan fingerprint density at radius 2 is 1.64 bits per heavy atom.